The molecule has 0 aromatic rings. The highest BCUT2D eigenvalue weighted by molar-refractivity contribution is 5.69. The summed E-state index contributed by atoms with van der Waals surface area (Å²) in [5.74, 6) is 1.68. The van der Waals surface area contributed by atoms with Crippen LogP contribution in [0.5, 0.6) is 0 Å². The molecular weight excluding hydrogens is 314 g/mol. The Balaban J connectivity index is 2.40. The van der Waals surface area contributed by atoms with E-state index in [0.717, 1.165) is 19.3 Å². The SMILES string of the molecule is C=CN=CCC(C)C[C@H]1CCC(CCC(=O)OC(C)(C)C)C[C@H]1OC. The van der Waals surface area contributed by atoms with E-state index in [1.54, 1.807) is 6.20 Å². The monoisotopic (exact) mass is 351 g/mol. The van der Waals surface area contributed by atoms with Gasteiger partial charge in [-0.15, -0.1) is 0 Å². The van der Waals surface area contributed by atoms with E-state index >= 15 is 0 Å². The molecule has 2 unspecified atom stereocenters. The van der Waals surface area contributed by atoms with Crippen molar-refractivity contribution in [3.8, 4) is 0 Å². The maximum absolute atomic E-state index is 11.9. The van der Waals surface area contributed by atoms with Gasteiger partial charge in [-0.2, -0.15) is 0 Å². The first-order chi connectivity index (χ1) is 11.7. The third-order valence-electron chi connectivity index (χ3n) is 4.94. The number of carbonyl (C=O) groups is 1. The first-order valence-corrected chi connectivity index (χ1v) is 9.62. The minimum absolute atomic E-state index is 0.0845. The molecule has 4 heteroatoms. The molecule has 0 spiro atoms. The van der Waals surface area contributed by atoms with E-state index in [0.29, 0.717) is 30.3 Å². The van der Waals surface area contributed by atoms with Crippen molar-refractivity contribution in [2.45, 2.75) is 84.3 Å². The highest BCUT2D eigenvalue weighted by Gasteiger charge is 2.31. The fourth-order valence-corrected chi connectivity index (χ4v) is 3.74. The molecule has 1 saturated carbocycles. The van der Waals surface area contributed by atoms with E-state index in [4.69, 9.17) is 9.47 Å². The summed E-state index contributed by atoms with van der Waals surface area (Å²) in [5, 5.41) is 0. The van der Waals surface area contributed by atoms with E-state index in [1.807, 2.05) is 34.1 Å². The topological polar surface area (TPSA) is 47.9 Å². The normalized spacial score (nSPS) is 25.7. The van der Waals surface area contributed by atoms with Gasteiger partial charge in [-0.3, -0.25) is 9.79 Å². The van der Waals surface area contributed by atoms with Crippen molar-refractivity contribution >= 4 is 12.2 Å². The van der Waals surface area contributed by atoms with Crippen LogP contribution >= 0.6 is 0 Å². The van der Waals surface area contributed by atoms with Gasteiger partial charge in [0.2, 0.25) is 0 Å². The maximum atomic E-state index is 11.9. The highest BCUT2D eigenvalue weighted by atomic mass is 16.6. The number of aliphatic imine (C=N–C) groups is 1. The van der Waals surface area contributed by atoms with Crippen molar-refractivity contribution in [3.05, 3.63) is 12.8 Å². The summed E-state index contributed by atoms with van der Waals surface area (Å²) in [7, 11) is 1.82. The van der Waals surface area contributed by atoms with Crippen LogP contribution in [0.15, 0.2) is 17.8 Å². The lowest BCUT2D eigenvalue weighted by Gasteiger charge is -2.36. The Morgan fingerprint density at radius 2 is 2.08 bits per heavy atom. The Morgan fingerprint density at radius 1 is 1.36 bits per heavy atom. The molecule has 4 nitrogen and oxygen atoms in total. The lowest BCUT2D eigenvalue weighted by atomic mass is 9.74. The molecule has 25 heavy (non-hydrogen) atoms. The van der Waals surface area contributed by atoms with Gasteiger partial charge in [-0.05, 0) is 77.0 Å². The predicted molar refractivity (Wildman–Crippen MR) is 104 cm³/mol. The van der Waals surface area contributed by atoms with Crippen molar-refractivity contribution in [1.82, 2.24) is 0 Å². The third kappa shape index (κ3) is 9.20. The van der Waals surface area contributed by atoms with Crippen LogP contribution in [0, 0.1) is 17.8 Å². The molecule has 0 radical (unpaired) electrons. The number of nitrogens with zero attached hydrogens (tertiary/aromatic N) is 1. The molecule has 0 bridgehead atoms. The molecule has 0 saturated heterocycles. The second-order valence-electron chi connectivity index (χ2n) is 8.43. The van der Waals surface area contributed by atoms with Crippen LogP contribution < -0.4 is 0 Å². The van der Waals surface area contributed by atoms with Gasteiger partial charge in [0.1, 0.15) is 5.60 Å². The number of methoxy groups -OCH3 is 1. The van der Waals surface area contributed by atoms with Crippen molar-refractivity contribution in [1.29, 1.82) is 0 Å². The highest BCUT2D eigenvalue weighted by Crippen LogP contribution is 2.37. The standard InChI is InChI=1S/C21H37NO3/c1-7-22-13-12-16(2)14-18-10-8-17(15-19(18)24-6)9-11-20(23)25-21(3,4)5/h7,13,16-19H,1,8-12,14-15H2,2-6H3/t16?,17?,18-,19-/m1/s1. The number of hydrogen-bond acceptors (Lipinski definition) is 4. The molecule has 1 aliphatic carbocycles. The van der Waals surface area contributed by atoms with Crippen LogP contribution in [0.4, 0.5) is 0 Å². The number of rotatable bonds is 9. The van der Waals surface area contributed by atoms with Gasteiger partial charge in [0.15, 0.2) is 0 Å². The smallest absolute Gasteiger partial charge is 0.306 e. The van der Waals surface area contributed by atoms with E-state index in [1.165, 1.54) is 19.3 Å². The summed E-state index contributed by atoms with van der Waals surface area (Å²) in [6.45, 7) is 11.6. The largest absolute Gasteiger partial charge is 0.460 e. The zero-order valence-corrected chi connectivity index (χ0v) is 16.8. The number of hydrogen-bond donors (Lipinski definition) is 0. The van der Waals surface area contributed by atoms with Gasteiger partial charge in [-0.1, -0.05) is 13.5 Å². The van der Waals surface area contributed by atoms with Gasteiger partial charge < -0.3 is 9.47 Å². The lowest BCUT2D eigenvalue weighted by molar-refractivity contribution is -0.155. The second-order valence-corrected chi connectivity index (χ2v) is 8.43. The molecule has 0 heterocycles. The van der Waals surface area contributed by atoms with Crippen LogP contribution in [-0.4, -0.2) is 31.0 Å². The Hall–Kier alpha value is -1.16. The van der Waals surface area contributed by atoms with Gasteiger partial charge >= 0.3 is 5.97 Å². The number of ether oxygens (including phenoxy) is 2. The van der Waals surface area contributed by atoms with E-state index in [2.05, 4.69) is 18.5 Å². The zero-order valence-electron chi connectivity index (χ0n) is 16.8. The Bertz CT molecular complexity index is 439. The van der Waals surface area contributed by atoms with Gasteiger partial charge in [-0.25, -0.2) is 0 Å². The first kappa shape index (κ1) is 21.9. The number of esters is 1. The molecule has 4 atom stereocenters. The van der Waals surface area contributed by atoms with Crippen LogP contribution in [0.2, 0.25) is 0 Å². The maximum Gasteiger partial charge on any atom is 0.306 e. The van der Waals surface area contributed by atoms with Crippen molar-refractivity contribution in [3.63, 3.8) is 0 Å². The first-order valence-electron chi connectivity index (χ1n) is 9.62. The minimum atomic E-state index is -0.394. The molecule has 144 valence electrons. The van der Waals surface area contributed by atoms with Crippen LogP contribution in [-0.2, 0) is 14.3 Å². The summed E-state index contributed by atoms with van der Waals surface area (Å²) in [4.78, 5) is 16.0. The molecule has 1 fully saturated rings. The van der Waals surface area contributed by atoms with Gasteiger partial charge in [0.05, 0.1) is 6.10 Å². The summed E-state index contributed by atoms with van der Waals surface area (Å²) in [5.41, 5.74) is -0.394. The van der Waals surface area contributed by atoms with Crippen molar-refractivity contribution < 1.29 is 14.3 Å². The number of carbonyl (C=O) groups excluding carboxylic acids is 1. The van der Waals surface area contributed by atoms with E-state index < -0.39 is 5.60 Å². The molecule has 1 rings (SSSR count). The molecule has 0 aromatic carbocycles. The molecule has 0 N–H and O–H groups in total. The quantitative estimate of drug-likeness (QED) is 0.425. The summed E-state index contributed by atoms with van der Waals surface area (Å²) < 4.78 is 11.2. The van der Waals surface area contributed by atoms with E-state index in [9.17, 15) is 4.79 Å². The summed E-state index contributed by atoms with van der Waals surface area (Å²) >= 11 is 0. The van der Waals surface area contributed by atoms with Crippen LogP contribution in [0.3, 0.4) is 0 Å². The fraction of sp³-hybridized carbons (Fsp3) is 0.810. The summed E-state index contributed by atoms with van der Waals surface area (Å²) in [6.07, 6.45) is 10.8. The van der Waals surface area contributed by atoms with Crippen LogP contribution in [0.25, 0.3) is 0 Å². The molecule has 0 aliphatic heterocycles. The van der Waals surface area contributed by atoms with Gasteiger partial charge in [0.25, 0.3) is 0 Å². The Morgan fingerprint density at radius 3 is 2.68 bits per heavy atom. The predicted octanol–water partition coefficient (Wildman–Crippen LogP) is 5.17. The van der Waals surface area contributed by atoms with Crippen molar-refractivity contribution in [2.24, 2.45) is 22.7 Å². The Kier molecular flexibility index (Phi) is 9.41. The third-order valence-corrected chi connectivity index (χ3v) is 4.94. The molecule has 1 aliphatic rings. The zero-order chi connectivity index (χ0) is 18.9. The molecular formula is C21H37NO3. The fourth-order valence-electron chi connectivity index (χ4n) is 3.74. The summed E-state index contributed by atoms with van der Waals surface area (Å²) in [6, 6.07) is 0. The molecule has 0 amide bonds. The van der Waals surface area contributed by atoms with Crippen LogP contribution in [0.1, 0.15) is 72.6 Å². The lowest BCUT2D eigenvalue weighted by Crippen LogP contribution is -2.33. The van der Waals surface area contributed by atoms with Gasteiger partial charge in [0, 0.05) is 25.9 Å². The second kappa shape index (κ2) is 10.7. The average Bonchev–Trinajstić information content (AvgIpc) is 2.52. The minimum Gasteiger partial charge on any atom is -0.460 e. The van der Waals surface area contributed by atoms with Crippen molar-refractivity contribution in [2.75, 3.05) is 7.11 Å². The van der Waals surface area contributed by atoms with E-state index in [-0.39, 0.29) is 5.97 Å². The molecule has 0 aromatic heterocycles. The Labute approximate surface area is 154 Å². The average molecular weight is 352 g/mol.